The summed E-state index contributed by atoms with van der Waals surface area (Å²) >= 11 is 3.21. The van der Waals surface area contributed by atoms with Crippen molar-refractivity contribution < 1.29 is 18.6 Å². The maximum atomic E-state index is 13.1. The third kappa shape index (κ3) is 5.80. The van der Waals surface area contributed by atoms with E-state index in [9.17, 15) is 4.39 Å². The van der Waals surface area contributed by atoms with Gasteiger partial charge in [0, 0.05) is 30.2 Å². The Kier molecular flexibility index (Phi) is 7.23. The highest BCUT2D eigenvalue weighted by atomic mass is 79.9. The summed E-state index contributed by atoms with van der Waals surface area (Å²) < 4.78 is 30.0. The largest absolute Gasteiger partial charge is 0.493 e. The first-order chi connectivity index (χ1) is 8.65. The summed E-state index contributed by atoms with van der Waals surface area (Å²) in [5.74, 6) is 0.166. The minimum Gasteiger partial charge on any atom is -0.493 e. The zero-order chi connectivity index (χ0) is 13.4. The molecule has 1 aromatic rings. The van der Waals surface area contributed by atoms with Crippen molar-refractivity contribution in [2.24, 2.45) is 0 Å². The molecule has 102 valence electrons. The Bertz CT molecular complexity index is 334. The normalized spacial score (nSPS) is 10.9. The third-order valence-corrected chi connectivity index (χ3v) is 2.62. The summed E-state index contributed by atoms with van der Waals surface area (Å²) in [4.78, 5) is 0. The molecule has 0 bridgehead atoms. The lowest BCUT2D eigenvalue weighted by Gasteiger charge is -2.17. The van der Waals surface area contributed by atoms with Gasteiger partial charge in [-0.2, -0.15) is 0 Å². The Morgan fingerprint density at radius 1 is 1.17 bits per heavy atom. The van der Waals surface area contributed by atoms with Crippen LogP contribution in [0.3, 0.4) is 0 Å². The smallest absolute Gasteiger partial charge is 0.160 e. The lowest BCUT2D eigenvalue weighted by atomic mass is 10.3. The van der Waals surface area contributed by atoms with Crippen LogP contribution in [0.1, 0.15) is 20.3 Å². The van der Waals surface area contributed by atoms with Gasteiger partial charge in [0.05, 0.1) is 6.61 Å². The van der Waals surface area contributed by atoms with E-state index in [0.29, 0.717) is 36.5 Å². The molecule has 0 aliphatic carbocycles. The van der Waals surface area contributed by atoms with Gasteiger partial charge in [-0.3, -0.25) is 0 Å². The van der Waals surface area contributed by atoms with E-state index < -0.39 is 0 Å². The van der Waals surface area contributed by atoms with Gasteiger partial charge in [0.1, 0.15) is 11.6 Å². The van der Waals surface area contributed by atoms with Gasteiger partial charge in [-0.15, -0.1) is 0 Å². The van der Waals surface area contributed by atoms with Gasteiger partial charge >= 0.3 is 0 Å². The molecule has 0 heterocycles. The molecule has 5 heteroatoms. The van der Waals surface area contributed by atoms with Crippen LogP contribution in [0.2, 0.25) is 0 Å². The van der Waals surface area contributed by atoms with E-state index in [2.05, 4.69) is 15.9 Å². The standard InChI is InChI=1S/C13H18BrFO3/c1-3-16-13(17-4-2)5-6-18-12-8-10(14)7-11(15)9-12/h7-9,13H,3-6H2,1-2H3. The van der Waals surface area contributed by atoms with Crippen molar-refractivity contribution in [1.29, 1.82) is 0 Å². The molecule has 0 aromatic heterocycles. The predicted octanol–water partition coefficient (Wildman–Crippen LogP) is 3.76. The van der Waals surface area contributed by atoms with Crippen molar-refractivity contribution >= 4 is 15.9 Å². The fraction of sp³-hybridized carbons (Fsp3) is 0.538. The second-order valence-electron chi connectivity index (χ2n) is 3.58. The Balaban J connectivity index is 2.39. The Labute approximate surface area is 115 Å². The van der Waals surface area contributed by atoms with Crippen molar-refractivity contribution in [2.75, 3.05) is 19.8 Å². The zero-order valence-electron chi connectivity index (χ0n) is 10.6. The highest BCUT2D eigenvalue weighted by Crippen LogP contribution is 2.20. The summed E-state index contributed by atoms with van der Waals surface area (Å²) in [5.41, 5.74) is 0. The molecule has 18 heavy (non-hydrogen) atoms. The van der Waals surface area contributed by atoms with Crippen LogP contribution in [-0.2, 0) is 9.47 Å². The molecule has 0 aliphatic rings. The predicted molar refractivity (Wildman–Crippen MR) is 71.3 cm³/mol. The van der Waals surface area contributed by atoms with E-state index in [0.717, 1.165) is 0 Å². The summed E-state index contributed by atoms with van der Waals surface area (Å²) in [6, 6.07) is 4.45. The number of ether oxygens (including phenoxy) is 3. The number of rotatable bonds is 8. The molecule has 0 unspecified atom stereocenters. The van der Waals surface area contributed by atoms with Gasteiger partial charge in [0.15, 0.2) is 6.29 Å². The van der Waals surface area contributed by atoms with Crippen LogP contribution in [0.15, 0.2) is 22.7 Å². The van der Waals surface area contributed by atoms with E-state index in [1.54, 1.807) is 6.07 Å². The Hall–Kier alpha value is -0.650. The number of hydrogen-bond acceptors (Lipinski definition) is 3. The van der Waals surface area contributed by atoms with Crippen molar-refractivity contribution in [3.63, 3.8) is 0 Å². The van der Waals surface area contributed by atoms with Gasteiger partial charge in [0.2, 0.25) is 0 Å². The summed E-state index contributed by atoms with van der Waals surface area (Å²) in [7, 11) is 0. The van der Waals surface area contributed by atoms with Gasteiger partial charge in [0.25, 0.3) is 0 Å². The molecule has 0 saturated carbocycles. The first-order valence-electron chi connectivity index (χ1n) is 5.97. The van der Waals surface area contributed by atoms with Gasteiger partial charge < -0.3 is 14.2 Å². The molecule has 0 atom stereocenters. The Morgan fingerprint density at radius 3 is 2.39 bits per heavy atom. The topological polar surface area (TPSA) is 27.7 Å². The molecule has 0 amide bonds. The highest BCUT2D eigenvalue weighted by Gasteiger charge is 2.08. The maximum Gasteiger partial charge on any atom is 0.160 e. The molecular formula is C13H18BrFO3. The molecule has 0 spiro atoms. The van der Waals surface area contributed by atoms with Gasteiger partial charge in [-0.25, -0.2) is 4.39 Å². The van der Waals surface area contributed by atoms with Crippen LogP contribution in [0, 0.1) is 5.82 Å². The van der Waals surface area contributed by atoms with E-state index in [4.69, 9.17) is 14.2 Å². The first kappa shape index (κ1) is 15.4. The van der Waals surface area contributed by atoms with E-state index in [-0.39, 0.29) is 12.1 Å². The minimum absolute atomic E-state index is 0.267. The number of benzene rings is 1. The van der Waals surface area contributed by atoms with Crippen molar-refractivity contribution in [3.8, 4) is 5.75 Å². The summed E-state index contributed by atoms with van der Waals surface area (Å²) in [6.07, 6.45) is 0.340. The summed E-state index contributed by atoms with van der Waals surface area (Å²) in [5, 5.41) is 0. The Morgan fingerprint density at radius 2 is 1.83 bits per heavy atom. The van der Waals surface area contributed by atoms with Crippen molar-refractivity contribution in [1.82, 2.24) is 0 Å². The van der Waals surface area contributed by atoms with Crippen LogP contribution >= 0.6 is 15.9 Å². The molecule has 1 rings (SSSR count). The monoisotopic (exact) mass is 320 g/mol. The van der Waals surface area contributed by atoms with Crippen molar-refractivity contribution in [3.05, 3.63) is 28.5 Å². The van der Waals surface area contributed by atoms with E-state index in [1.165, 1.54) is 12.1 Å². The minimum atomic E-state index is -0.328. The number of halogens is 2. The van der Waals surface area contributed by atoms with E-state index in [1.807, 2.05) is 13.8 Å². The second kappa shape index (κ2) is 8.45. The van der Waals surface area contributed by atoms with Gasteiger partial charge in [-0.1, -0.05) is 15.9 Å². The van der Waals surface area contributed by atoms with Crippen LogP contribution < -0.4 is 4.74 Å². The molecule has 1 aromatic carbocycles. The van der Waals surface area contributed by atoms with Gasteiger partial charge in [-0.05, 0) is 26.0 Å². The summed E-state index contributed by atoms with van der Waals surface area (Å²) in [6.45, 7) is 5.43. The molecule has 0 aliphatic heterocycles. The lowest BCUT2D eigenvalue weighted by Crippen LogP contribution is -2.20. The average molecular weight is 321 g/mol. The van der Waals surface area contributed by atoms with Crippen molar-refractivity contribution in [2.45, 2.75) is 26.6 Å². The molecule has 0 N–H and O–H groups in total. The molecule has 0 fully saturated rings. The van der Waals surface area contributed by atoms with Crippen LogP contribution in [0.25, 0.3) is 0 Å². The molecular weight excluding hydrogens is 303 g/mol. The molecule has 0 radical (unpaired) electrons. The fourth-order valence-corrected chi connectivity index (χ4v) is 1.92. The third-order valence-electron chi connectivity index (χ3n) is 2.16. The van der Waals surface area contributed by atoms with E-state index >= 15 is 0 Å². The average Bonchev–Trinajstić information content (AvgIpc) is 2.28. The SMILES string of the molecule is CCOC(CCOc1cc(F)cc(Br)c1)OCC. The van der Waals surface area contributed by atoms with Crippen LogP contribution in [0.5, 0.6) is 5.75 Å². The molecule has 0 saturated heterocycles. The maximum absolute atomic E-state index is 13.1. The zero-order valence-corrected chi connectivity index (χ0v) is 12.2. The molecule has 3 nitrogen and oxygen atoms in total. The fourth-order valence-electron chi connectivity index (χ4n) is 1.47. The highest BCUT2D eigenvalue weighted by molar-refractivity contribution is 9.10. The second-order valence-corrected chi connectivity index (χ2v) is 4.50. The quantitative estimate of drug-likeness (QED) is 0.683. The lowest BCUT2D eigenvalue weighted by molar-refractivity contribution is -0.142. The van der Waals surface area contributed by atoms with Crippen LogP contribution in [0.4, 0.5) is 4.39 Å². The first-order valence-corrected chi connectivity index (χ1v) is 6.77. The number of hydrogen-bond donors (Lipinski definition) is 0. The van der Waals surface area contributed by atoms with Crippen LogP contribution in [-0.4, -0.2) is 26.1 Å².